The molecule has 16 aromatic carbocycles. The molecule has 0 atom stereocenters. The summed E-state index contributed by atoms with van der Waals surface area (Å²) in [5, 5.41) is 15.1. The lowest BCUT2D eigenvalue weighted by molar-refractivity contribution is 0.488. The van der Waals surface area contributed by atoms with Crippen molar-refractivity contribution in [2.75, 3.05) is 4.90 Å². The average molecular weight is 1470 g/mol. The summed E-state index contributed by atoms with van der Waals surface area (Å²) in [6, 6.07) is 136. The van der Waals surface area contributed by atoms with Crippen LogP contribution >= 0.6 is 11.3 Å². The number of rotatable bonds is 10. The molecule has 532 valence electrons. The first kappa shape index (κ1) is 66.0. The topological polar surface area (TPSA) is 27.3 Å². The first-order chi connectivity index (χ1) is 54.8. The van der Waals surface area contributed by atoms with Crippen molar-refractivity contribution in [2.24, 2.45) is 0 Å². The van der Waals surface area contributed by atoms with Crippen molar-refractivity contribution in [3.63, 3.8) is 0 Å². The third kappa shape index (κ3) is 9.87. The molecule has 0 saturated carbocycles. The zero-order chi connectivity index (χ0) is 74.9. The van der Waals surface area contributed by atoms with Crippen LogP contribution in [0.25, 0.3) is 125 Å². The van der Waals surface area contributed by atoms with Gasteiger partial charge in [-0.05, 0) is 143 Å². The van der Waals surface area contributed by atoms with E-state index in [1.165, 1.54) is 95.3 Å². The van der Waals surface area contributed by atoms with Gasteiger partial charge in [-0.2, -0.15) is 0 Å². The maximum Gasteiger partial charge on any atom is 0.258 e. The van der Waals surface area contributed by atoms with Crippen LogP contribution in [0, 0.1) is 0 Å². The molecule has 0 bridgehead atoms. The molecule has 20 aromatic rings. The second kappa shape index (κ2) is 25.0. The quantitative estimate of drug-likeness (QED) is 0.101. The van der Waals surface area contributed by atoms with E-state index >= 15 is 0 Å². The highest BCUT2D eigenvalue weighted by molar-refractivity contribution is 7.28. The number of ether oxygens (including phenoxy) is 1. The Kier molecular flexibility index (Phi) is 14.8. The molecule has 8 heteroatoms. The number of para-hydroxylation sites is 4. The van der Waals surface area contributed by atoms with E-state index in [0.717, 1.165) is 106 Å². The summed E-state index contributed by atoms with van der Waals surface area (Å²) in [6.45, 7) is 13.7. The molecule has 0 aliphatic carbocycles. The standard InChI is InChI=1S/C104H77BN4OSSi/c1-103(2,3)68-51-56-89-82(59-68)83-60-69(104(4,5)6)52-57-90(83)107(89)71-62-94-99-95(63-71)110-96-65-93(108-87-48-27-22-41-78(87)79-42-23-28-49-88(79)108)98-81-44-25-29-50-97(81)111-102(98)100(96)105(99)85-55-53-70(61-92(85)109(94)101-76(66-31-12-7-13-32-66)45-30-46-77(101)67-33-14-8-15-34-67)106-86-47-26-24-43-80(86)84-64-75(54-58-91(84)106)112(72-35-16-9-17-36-72,73-37-18-10-19-38-73)74-39-20-11-21-40-74/h7-65H,1-6H3. The van der Waals surface area contributed by atoms with E-state index in [9.17, 15) is 0 Å². The minimum atomic E-state index is -2.96. The zero-order valence-electron chi connectivity index (χ0n) is 63.2. The van der Waals surface area contributed by atoms with Crippen LogP contribution in [0.3, 0.4) is 0 Å². The molecule has 5 nitrogen and oxygen atoms in total. The van der Waals surface area contributed by atoms with E-state index in [2.05, 4.69) is 418 Å². The van der Waals surface area contributed by atoms with Crippen LogP contribution in [0.1, 0.15) is 52.7 Å². The smallest absolute Gasteiger partial charge is 0.258 e. The van der Waals surface area contributed by atoms with Crippen molar-refractivity contribution in [3.8, 4) is 50.8 Å². The van der Waals surface area contributed by atoms with Crippen LogP contribution in [-0.2, 0) is 10.8 Å². The number of thiophene rings is 1. The Bertz CT molecular complexity index is 6970. The summed E-state index contributed by atoms with van der Waals surface area (Å²) < 4.78 is 18.2. The van der Waals surface area contributed by atoms with E-state index < -0.39 is 8.07 Å². The van der Waals surface area contributed by atoms with Gasteiger partial charge in [0.1, 0.15) is 11.5 Å². The number of aromatic nitrogens is 3. The van der Waals surface area contributed by atoms with Crippen molar-refractivity contribution < 1.29 is 4.74 Å². The molecular formula is C104H77BN4OSSi. The highest BCUT2D eigenvalue weighted by atomic mass is 32.1. The first-order valence-corrected chi connectivity index (χ1v) is 42.0. The van der Waals surface area contributed by atoms with Gasteiger partial charge in [0.2, 0.25) is 0 Å². The van der Waals surface area contributed by atoms with Gasteiger partial charge in [-0.15, -0.1) is 11.3 Å². The summed E-state index contributed by atoms with van der Waals surface area (Å²) in [6.07, 6.45) is 0. The predicted octanol–water partition coefficient (Wildman–Crippen LogP) is 23.1. The summed E-state index contributed by atoms with van der Waals surface area (Å²) >= 11 is 1.89. The Hall–Kier alpha value is -13.0. The lowest BCUT2D eigenvalue weighted by Gasteiger charge is -2.42. The number of nitrogens with zero attached hydrogens (tertiary/aromatic N) is 4. The van der Waals surface area contributed by atoms with E-state index in [1.54, 1.807) is 0 Å². The molecule has 0 radical (unpaired) electrons. The monoisotopic (exact) mass is 1470 g/mol. The Morgan fingerprint density at radius 1 is 0.312 bits per heavy atom. The summed E-state index contributed by atoms with van der Waals surface area (Å²) in [7, 11) is -2.96. The fourth-order valence-electron chi connectivity index (χ4n) is 19.2. The third-order valence-electron chi connectivity index (χ3n) is 24.3. The first-order valence-electron chi connectivity index (χ1n) is 39.2. The average Bonchev–Trinajstić information content (AvgIpc) is 1.23. The molecule has 4 aromatic heterocycles. The van der Waals surface area contributed by atoms with E-state index in [-0.39, 0.29) is 17.5 Å². The number of benzene rings is 16. The Morgan fingerprint density at radius 3 is 1.29 bits per heavy atom. The fourth-order valence-corrected chi connectivity index (χ4v) is 25.3. The van der Waals surface area contributed by atoms with Crippen LogP contribution < -0.4 is 46.8 Å². The molecule has 2 aliphatic rings. The largest absolute Gasteiger partial charge is 0.458 e. The van der Waals surface area contributed by atoms with Crippen LogP contribution in [0.5, 0.6) is 11.5 Å². The fraction of sp³-hybridized carbons (Fsp3) is 0.0769. The Morgan fingerprint density at radius 2 is 0.750 bits per heavy atom. The van der Waals surface area contributed by atoms with E-state index in [1.807, 2.05) is 11.3 Å². The van der Waals surface area contributed by atoms with E-state index in [4.69, 9.17) is 4.74 Å². The number of hydrogen-bond donors (Lipinski definition) is 0. The van der Waals surface area contributed by atoms with Gasteiger partial charge in [-0.25, -0.2) is 0 Å². The van der Waals surface area contributed by atoms with Crippen molar-refractivity contribution in [1.29, 1.82) is 0 Å². The van der Waals surface area contributed by atoms with Crippen molar-refractivity contribution in [3.05, 3.63) is 369 Å². The molecule has 0 fully saturated rings. The third-order valence-corrected chi connectivity index (χ3v) is 30.3. The molecule has 0 amide bonds. The molecule has 0 spiro atoms. The molecule has 0 N–H and O–H groups in total. The molecule has 0 unspecified atom stereocenters. The molecule has 6 heterocycles. The normalized spacial score (nSPS) is 12.9. The van der Waals surface area contributed by atoms with Gasteiger partial charge in [0.05, 0.1) is 50.2 Å². The van der Waals surface area contributed by atoms with Crippen LogP contribution in [0.2, 0.25) is 0 Å². The number of hydrogen-bond acceptors (Lipinski definition) is 3. The molecule has 0 saturated heterocycles. The van der Waals surface area contributed by atoms with Gasteiger partial charge < -0.3 is 23.3 Å². The predicted molar refractivity (Wildman–Crippen MR) is 480 cm³/mol. The minimum Gasteiger partial charge on any atom is -0.458 e. The lowest BCUT2D eigenvalue weighted by Crippen LogP contribution is -2.74. The van der Waals surface area contributed by atoms with Crippen molar-refractivity contribution in [1.82, 2.24) is 13.7 Å². The number of fused-ring (bicyclic) bond motifs is 17. The second-order valence-corrected chi connectivity index (χ2v) is 37.5. The molecule has 22 rings (SSSR count). The summed E-state index contributed by atoms with van der Waals surface area (Å²) in [5.41, 5.74) is 23.6. The highest BCUT2D eigenvalue weighted by Gasteiger charge is 2.47. The lowest BCUT2D eigenvalue weighted by atomic mass is 9.34. The maximum absolute atomic E-state index is 8.16. The molecule has 2 aliphatic heterocycles. The SMILES string of the molecule is CC(C)(C)c1ccc2c(c1)c1cc(C(C)(C)C)ccc1n2-c1cc2c3c(c1)N(c1c(-c4ccccc4)cccc1-c1ccccc1)c1cc(-n4c5ccccc5c5cc([Si](c6ccccc6)(c6ccccc6)c6ccccc6)ccc54)ccc1B3c1c(cc(-n3c4ccccc4c4ccccc43)c3c1sc1ccccc13)O2. The van der Waals surface area contributed by atoms with Crippen LogP contribution in [0.15, 0.2) is 358 Å². The second-order valence-electron chi connectivity index (χ2n) is 32.6. The maximum atomic E-state index is 8.16. The summed E-state index contributed by atoms with van der Waals surface area (Å²) in [4.78, 5) is 2.67. The van der Waals surface area contributed by atoms with Crippen molar-refractivity contribution >= 4 is 166 Å². The van der Waals surface area contributed by atoms with Crippen molar-refractivity contribution in [2.45, 2.75) is 52.4 Å². The Labute approximate surface area is 656 Å². The van der Waals surface area contributed by atoms with Gasteiger partial charge in [0.25, 0.3) is 6.71 Å². The highest BCUT2D eigenvalue weighted by Crippen LogP contribution is 2.53. The van der Waals surface area contributed by atoms with E-state index in [0.29, 0.717) is 0 Å². The molecule has 112 heavy (non-hydrogen) atoms. The zero-order valence-corrected chi connectivity index (χ0v) is 65.1. The Balaban J connectivity index is 0.880. The van der Waals surface area contributed by atoms with Gasteiger partial charge in [-0.3, -0.25) is 0 Å². The van der Waals surface area contributed by atoms with Gasteiger partial charge in [0.15, 0.2) is 8.07 Å². The number of anilines is 3. The van der Waals surface area contributed by atoms with Gasteiger partial charge in [-0.1, -0.05) is 315 Å². The minimum absolute atomic E-state index is 0.0908. The van der Waals surface area contributed by atoms with Gasteiger partial charge >= 0.3 is 0 Å². The van der Waals surface area contributed by atoms with Gasteiger partial charge in [0, 0.05) is 92.8 Å². The summed E-state index contributed by atoms with van der Waals surface area (Å²) in [5.74, 6) is 1.67. The molecular weight excluding hydrogens is 1390 g/mol. The van der Waals surface area contributed by atoms with Crippen LogP contribution in [-0.4, -0.2) is 28.5 Å². The van der Waals surface area contributed by atoms with Crippen LogP contribution in [0.4, 0.5) is 17.1 Å².